The van der Waals surface area contributed by atoms with E-state index in [1.165, 1.54) is 18.3 Å². The number of carbonyl (C=O) groups is 1. The van der Waals surface area contributed by atoms with Gasteiger partial charge in [-0.1, -0.05) is 28.3 Å². The van der Waals surface area contributed by atoms with Gasteiger partial charge < -0.3 is 4.42 Å². The van der Waals surface area contributed by atoms with Gasteiger partial charge in [-0.2, -0.15) is 0 Å². The van der Waals surface area contributed by atoms with Crippen LogP contribution in [0.2, 0.25) is 8.67 Å². The summed E-state index contributed by atoms with van der Waals surface area (Å²) in [5.41, 5.74) is 0.556. The molecule has 0 fully saturated rings. The third-order valence-corrected chi connectivity index (χ3v) is 3.08. The van der Waals surface area contributed by atoms with E-state index in [1.54, 1.807) is 6.07 Å². The van der Waals surface area contributed by atoms with E-state index in [0.717, 1.165) is 0 Å². The maximum atomic E-state index is 10.7. The molecule has 1 amide bonds. The summed E-state index contributed by atoms with van der Waals surface area (Å²) in [6, 6.07) is 1.65. The molecule has 0 atom stereocenters. The van der Waals surface area contributed by atoms with Gasteiger partial charge in [0.15, 0.2) is 0 Å². The van der Waals surface area contributed by atoms with Gasteiger partial charge >= 0.3 is 6.01 Å². The molecule has 0 aliphatic rings. The number of anilines is 1. The highest BCUT2D eigenvalue weighted by molar-refractivity contribution is 7.20. The maximum Gasteiger partial charge on any atom is 0.322 e. The van der Waals surface area contributed by atoms with Gasteiger partial charge in [-0.25, -0.2) is 0 Å². The minimum absolute atomic E-state index is 0.0286. The van der Waals surface area contributed by atoms with Gasteiger partial charge in [0.1, 0.15) is 4.34 Å². The second-order valence-electron chi connectivity index (χ2n) is 2.83. The molecule has 0 aliphatic carbocycles. The molecule has 84 valence electrons. The molecule has 8 heteroatoms. The molecule has 16 heavy (non-hydrogen) atoms. The molecule has 2 aromatic rings. The van der Waals surface area contributed by atoms with Gasteiger partial charge in [0, 0.05) is 6.92 Å². The van der Waals surface area contributed by atoms with Gasteiger partial charge in [0.2, 0.25) is 5.91 Å². The number of nitrogens with zero attached hydrogens (tertiary/aromatic N) is 2. The molecule has 5 nitrogen and oxygen atoms in total. The van der Waals surface area contributed by atoms with E-state index >= 15 is 0 Å². The standard InChI is InChI=1S/C8H5Cl2N3O2S/c1-3(14)11-8-13-12-7(15-8)4-2-5(9)16-6(4)10/h2H,1H3,(H,11,13,14). The van der Waals surface area contributed by atoms with Crippen molar-refractivity contribution in [3.63, 3.8) is 0 Å². The van der Waals surface area contributed by atoms with Crippen LogP contribution in [-0.4, -0.2) is 16.1 Å². The van der Waals surface area contributed by atoms with Crippen LogP contribution in [-0.2, 0) is 4.79 Å². The molecule has 0 bridgehead atoms. The first-order valence-electron chi connectivity index (χ1n) is 4.12. The summed E-state index contributed by atoms with van der Waals surface area (Å²) >= 11 is 12.9. The predicted molar refractivity (Wildman–Crippen MR) is 61.9 cm³/mol. The summed E-state index contributed by atoms with van der Waals surface area (Å²) in [7, 11) is 0. The maximum absolute atomic E-state index is 10.7. The fourth-order valence-electron chi connectivity index (χ4n) is 1.02. The van der Waals surface area contributed by atoms with Crippen molar-refractivity contribution in [3.05, 3.63) is 14.7 Å². The van der Waals surface area contributed by atoms with Crippen molar-refractivity contribution in [2.24, 2.45) is 0 Å². The molecule has 0 unspecified atom stereocenters. The van der Waals surface area contributed by atoms with Crippen LogP contribution in [0.25, 0.3) is 11.5 Å². The number of hydrogen-bond donors (Lipinski definition) is 1. The third-order valence-electron chi connectivity index (χ3n) is 1.60. The molecule has 0 radical (unpaired) electrons. The van der Waals surface area contributed by atoms with Crippen molar-refractivity contribution in [3.8, 4) is 11.5 Å². The van der Waals surface area contributed by atoms with Gasteiger partial charge in [-0.15, -0.1) is 16.4 Å². The second-order valence-corrected chi connectivity index (χ2v) is 5.12. The number of hydrogen-bond acceptors (Lipinski definition) is 5. The van der Waals surface area contributed by atoms with Crippen LogP contribution in [0.4, 0.5) is 6.01 Å². The summed E-state index contributed by atoms with van der Waals surface area (Å²) in [4.78, 5) is 10.7. The minimum atomic E-state index is -0.287. The Morgan fingerprint density at radius 2 is 2.25 bits per heavy atom. The number of halogens is 2. The van der Waals surface area contributed by atoms with Crippen LogP contribution in [0, 0.1) is 0 Å². The lowest BCUT2D eigenvalue weighted by molar-refractivity contribution is -0.114. The predicted octanol–water partition coefficient (Wildman–Crippen LogP) is 3.06. The molecule has 2 rings (SSSR count). The average molecular weight is 278 g/mol. The zero-order chi connectivity index (χ0) is 11.7. The van der Waals surface area contributed by atoms with Crippen molar-refractivity contribution >= 4 is 46.5 Å². The number of aromatic nitrogens is 2. The van der Waals surface area contributed by atoms with E-state index in [4.69, 9.17) is 27.6 Å². The van der Waals surface area contributed by atoms with Crippen LogP contribution < -0.4 is 5.32 Å². The van der Waals surface area contributed by atoms with Crippen molar-refractivity contribution < 1.29 is 9.21 Å². The molecule has 0 aromatic carbocycles. The van der Waals surface area contributed by atoms with E-state index in [2.05, 4.69) is 15.5 Å². The van der Waals surface area contributed by atoms with Crippen LogP contribution in [0.5, 0.6) is 0 Å². The lowest BCUT2D eigenvalue weighted by Gasteiger charge is -1.91. The van der Waals surface area contributed by atoms with Crippen LogP contribution in [0.15, 0.2) is 10.5 Å². The molecule has 0 aliphatic heterocycles. The first-order valence-corrected chi connectivity index (χ1v) is 5.70. The number of carbonyl (C=O) groups excluding carboxylic acids is 1. The fraction of sp³-hybridized carbons (Fsp3) is 0.125. The SMILES string of the molecule is CC(=O)Nc1nnc(-c2cc(Cl)sc2Cl)o1. The molecular formula is C8H5Cl2N3O2S. The lowest BCUT2D eigenvalue weighted by Crippen LogP contribution is -2.05. The Morgan fingerprint density at radius 3 is 2.81 bits per heavy atom. The second kappa shape index (κ2) is 4.40. The highest BCUT2D eigenvalue weighted by Crippen LogP contribution is 2.37. The van der Waals surface area contributed by atoms with Gasteiger partial charge in [0.05, 0.1) is 9.90 Å². The zero-order valence-electron chi connectivity index (χ0n) is 7.95. The largest absolute Gasteiger partial charge is 0.403 e. The highest BCUT2D eigenvalue weighted by Gasteiger charge is 2.15. The summed E-state index contributed by atoms with van der Waals surface area (Å²) in [5, 5.41) is 9.75. The van der Waals surface area contributed by atoms with Gasteiger partial charge in [0.25, 0.3) is 5.89 Å². The van der Waals surface area contributed by atoms with Crippen molar-refractivity contribution in [2.45, 2.75) is 6.92 Å². The topological polar surface area (TPSA) is 68.0 Å². The van der Waals surface area contributed by atoms with Gasteiger partial charge in [-0.05, 0) is 6.07 Å². The quantitative estimate of drug-likeness (QED) is 0.916. The van der Waals surface area contributed by atoms with E-state index in [-0.39, 0.29) is 17.8 Å². The number of amides is 1. The highest BCUT2D eigenvalue weighted by atomic mass is 35.5. The lowest BCUT2D eigenvalue weighted by atomic mass is 10.3. The van der Waals surface area contributed by atoms with Crippen LogP contribution in [0.1, 0.15) is 6.92 Å². The van der Waals surface area contributed by atoms with E-state index in [0.29, 0.717) is 14.2 Å². The van der Waals surface area contributed by atoms with Crippen LogP contribution in [0.3, 0.4) is 0 Å². The Balaban J connectivity index is 2.31. The number of nitrogens with one attached hydrogen (secondary N) is 1. The molecule has 0 saturated heterocycles. The summed E-state index contributed by atoms with van der Waals surface area (Å²) in [6.45, 7) is 1.35. The van der Waals surface area contributed by atoms with Gasteiger partial charge in [-0.3, -0.25) is 10.1 Å². The first kappa shape index (κ1) is 11.4. The van der Waals surface area contributed by atoms with E-state index < -0.39 is 0 Å². The molecule has 0 spiro atoms. The zero-order valence-corrected chi connectivity index (χ0v) is 10.3. The normalized spacial score (nSPS) is 10.4. The minimum Gasteiger partial charge on any atom is -0.403 e. The Labute approximate surface area is 104 Å². The average Bonchev–Trinajstić information content (AvgIpc) is 2.72. The smallest absolute Gasteiger partial charge is 0.322 e. The Morgan fingerprint density at radius 1 is 1.50 bits per heavy atom. The van der Waals surface area contributed by atoms with Crippen molar-refractivity contribution in [1.82, 2.24) is 10.2 Å². The Kier molecular flexibility index (Phi) is 3.13. The Bertz CT molecular complexity index is 537. The fourth-order valence-corrected chi connectivity index (χ4v) is 2.47. The van der Waals surface area contributed by atoms with E-state index in [1.807, 2.05) is 0 Å². The third kappa shape index (κ3) is 2.34. The number of rotatable bonds is 2. The molecule has 2 heterocycles. The first-order chi connectivity index (χ1) is 7.56. The summed E-state index contributed by atoms with van der Waals surface area (Å²) < 4.78 is 6.17. The molecule has 0 saturated carbocycles. The summed E-state index contributed by atoms with van der Waals surface area (Å²) in [5.74, 6) is -0.0680. The monoisotopic (exact) mass is 277 g/mol. The van der Waals surface area contributed by atoms with E-state index in [9.17, 15) is 4.79 Å². The number of thiophene rings is 1. The van der Waals surface area contributed by atoms with Crippen LogP contribution >= 0.6 is 34.5 Å². The van der Waals surface area contributed by atoms with Crippen molar-refractivity contribution in [2.75, 3.05) is 5.32 Å². The summed E-state index contributed by atoms with van der Waals surface area (Å²) in [6.07, 6.45) is 0. The molecule has 1 N–H and O–H groups in total. The molecular weight excluding hydrogens is 273 g/mol. The van der Waals surface area contributed by atoms with Crippen molar-refractivity contribution in [1.29, 1.82) is 0 Å². The molecule has 2 aromatic heterocycles. The Hall–Kier alpha value is -1.11.